The Kier molecular flexibility index (Phi) is 4.31. The van der Waals surface area contributed by atoms with E-state index < -0.39 is 0 Å². The molecule has 0 spiro atoms. The fourth-order valence-corrected chi connectivity index (χ4v) is 2.70. The van der Waals surface area contributed by atoms with E-state index in [1.165, 1.54) is 5.56 Å². The van der Waals surface area contributed by atoms with Gasteiger partial charge in [-0.1, -0.05) is 6.07 Å². The summed E-state index contributed by atoms with van der Waals surface area (Å²) in [6, 6.07) is 6.23. The highest BCUT2D eigenvalue weighted by Gasteiger charge is 2.23. The van der Waals surface area contributed by atoms with Crippen LogP contribution in [0.5, 0.6) is 0 Å². The van der Waals surface area contributed by atoms with Crippen molar-refractivity contribution < 1.29 is 9.21 Å². The van der Waals surface area contributed by atoms with Crippen molar-refractivity contribution in [1.82, 2.24) is 15.2 Å². The van der Waals surface area contributed by atoms with Gasteiger partial charge in [-0.2, -0.15) is 0 Å². The average molecular weight is 285 g/mol. The lowest BCUT2D eigenvalue weighted by molar-refractivity contribution is -0.119. The summed E-state index contributed by atoms with van der Waals surface area (Å²) < 4.78 is 5.14. The quantitative estimate of drug-likeness (QED) is 0.881. The molecule has 0 saturated carbocycles. The van der Waals surface area contributed by atoms with Crippen molar-refractivity contribution in [2.24, 2.45) is 0 Å². The number of hydrogen-bond acceptors (Lipinski definition) is 4. The van der Waals surface area contributed by atoms with Gasteiger partial charge in [0.2, 0.25) is 5.91 Å². The van der Waals surface area contributed by atoms with Crippen molar-refractivity contribution in [3.8, 4) is 0 Å². The molecule has 1 amide bonds. The van der Waals surface area contributed by atoms with Crippen LogP contribution < -0.4 is 5.32 Å². The van der Waals surface area contributed by atoms with E-state index in [2.05, 4.69) is 21.3 Å². The van der Waals surface area contributed by atoms with Gasteiger partial charge in [0, 0.05) is 50.1 Å². The molecule has 1 atom stereocenters. The maximum Gasteiger partial charge on any atom is 0.220 e. The third-order valence-electron chi connectivity index (χ3n) is 3.68. The second-order valence-corrected chi connectivity index (χ2v) is 5.47. The number of carbonyl (C=O) groups is 1. The highest BCUT2D eigenvalue weighted by molar-refractivity contribution is 5.78. The number of nitrogens with one attached hydrogen (secondary N) is 1. The monoisotopic (exact) mass is 285 g/mol. The van der Waals surface area contributed by atoms with E-state index in [1.54, 1.807) is 18.7 Å². The van der Waals surface area contributed by atoms with Gasteiger partial charge in [-0.15, -0.1) is 0 Å². The SMILES string of the molecule is O=C1CC[C@@H](CN(Cc2cccnc2)Cc2ccoc2)N1. The molecule has 1 N–H and O–H groups in total. The number of furan rings is 1. The molecule has 0 bridgehead atoms. The summed E-state index contributed by atoms with van der Waals surface area (Å²) in [6.07, 6.45) is 8.67. The molecule has 3 rings (SSSR count). The molecule has 0 radical (unpaired) electrons. The molecular weight excluding hydrogens is 266 g/mol. The lowest BCUT2D eigenvalue weighted by Crippen LogP contribution is -2.38. The number of rotatable bonds is 6. The third kappa shape index (κ3) is 3.92. The highest BCUT2D eigenvalue weighted by atomic mass is 16.3. The van der Waals surface area contributed by atoms with E-state index in [1.807, 2.05) is 18.3 Å². The molecule has 1 aliphatic rings. The van der Waals surface area contributed by atoms with Crippen LogP contribution in [0.3, 0.4) is 0 Å². The predicted octanol–water partition coefficient (Wildman–Crippen LogP) is 1.96. The van der Waals surface area contributed by atoms with Gasteiger partial charge >= 0.3 is 0 Å². The first-order valence-electron chi connectivity index (χ1n) is 7.21. The van der Waals surface area contributed by atoms with E-state index in [-0.39, 0.29) is 11.9 Å². The van der Waals surface area contributed by atoms with Crippen molar-refractivity contribution in [2.45, 2.75) is 32.0 Å². The number of aromatic nitrogens is 1. The number of carbonyl (C=O) groups excluding carboxylic acids is 1. The molecule has 2 aromatic heterocycles. The molecule has 21 heavy (non-hydrogen) atoms. The first kappa shape index (κ1) is 13.8. The van der Waals surface area contributed by atoms with Crippen LogP contribution in [-0.2, 0) is 17.9 Å². The fraction of sp³-hybridized carbons (Fsp3) is 0.375. The van der Waals surface area contributed by atoms with Crippen LogP contribution in [0.2, 0.25) is 0 Å². The van der Waals surface area contributed by atoms with Gasteiger partial charge in [-0.05, 0) is 24.1 Å². The maximum absolute atomic E-state index is 11.4. The van der Waals surface area contributed by atoms with Crippen molar-refractivity contribution in [3.63, 3.8) is 0 Å². The van der Waals surface area contributed by atoms with Gasteiger partial charge in [-0.25, -0.2) is 0 Å². The van der Waals surface area contributed by atoms with Gasteiger partial charge in [0.15, 0.2) is 0 Å². The second-order valence-electron chi connectivity index (χ2n) is 5.47. The van der Waals surface area contributed by atoms with E-state index >= 15 is 0 Å². The summed E-state index contributed by atoms with van der Waals surface area (Å²) >= 11 is 0. The van der Waals surface area contributed by atoms with Crippen molar-refractivity contribution in [3.05, 3.63) is 54.2 Å². The van der Waals surface area contributed by atoms with E-state index in [0.717, 1.165) is 31.6 Å². The summed E-state index contributed by atoms with van der Waals surface area (Å²) in [5.74, 6) is 0.157. The molecule has 0 aromatic carbocycles. The molecule has 3 heterocycles. The minimum Gasteiger partial charge on any atom is -0.472 e. The van der Waals surface area contributed by atoms with Crippen molar-refractivity contribution in [2.75, 3.05) is 6.54 Å². The van der Waals surface area contributed by atoms with Crippen LogP contribution in [0.1, 0.15) is 24.0 Å². The molecule has 5 heteroatoms. The van der Waals surface area contributed by atoms with Crippen molar-refractivity contribution in [1.29, 1.82) is 0 Å². The van der Waals surface area contributed by atoms with Crippen LogP contribution >= 0.6 is 0 Å². The Hall–Kier alpha value is -2.14. The van der Waals surface area contributed by atoms with Gasteiger partial charge in [0.1, 0.15) is 0 Å². The van der Waals surface area contributed by atoms with Gasteiger partial charge in [-0.3, -0.25) is 14.7 Å². The summed E-state index contributed by atoms with van der Waals surface area (Å²) in [6.45, 7) is 2.45. The topological polar surface area (TPSA) is 58.4 Å². The van der Waals surface area contributed by atoms with Gasteiger partial charge in [0.25, 0.3) is 0 Å². The largest absolute Gasteiger partial charge is 0.472 e. The molecule has 0 unspecified atom stereocenters. The lowest BCUT2D eigenvalue weighted by Gasteiger charge is -2.25. The predicted molar refractivity (Wildman–Crippen MR) is 78.2 cm³/mol. The Labute approximate surface area is 124 Å². The van der Waals surface area contributed by atoms with E-state index in [9.17, 15) is 4.79 Å². The summed E-state index contributed by atoms with van der Waals surface area (Å²) in [5, 5.41) is 3.03. The van der Waals surface area contributed by atoms with Crippen molar-refractivity contribution >= 4 is 5.91 Å². The molecule has 0 aliphatic carbocycles. The normalized spacial score (nSPS) is 18.1. The number of amides is 1. The van der Waals surface area contributed by atoms with Crippen LogP contribution in [0, 0.1) is 0 Å². The number of pyridine rings is 1. The molecule has 110 valence electrons. The minimum absolute atomic E-state index is 0.157. The first-order chi connectivity index (χ1) is 10.3. The zero-order chi connectivity index (χ0) is 14.5. The molecule has 5 nitrogen and oxygen atoms in total. The highest BCUT2D eigenvalue weighted by Crippen LogP contribution is 2.14. The Morgan fingerprint density at radius 2 is 2.24 bits per heavy atom. The van der Waals surface area contributed by atoms with E-state index in [4.69, 9.17) is 4.42 Å². The zero-order valence-electron chi connectivity index (χ0n) is 11.9. The number of hydrogen-bond donors (Lipinski definition) is 1. The van der Waals surface area contributed by atoms with Gasteiger partial charge in [0.05, 0.1) is 12.5 Å². The fourth-order valence-electron chi connectivity index (χ4n) is 2.70. The minimum atomic E-state index is 0.157. The van der Waals surface area contributed by atoms with Crippen LogP contribution in [0.15, 0.2) is 47.5 Å². The average Bonchev–Trinajstić information content (AvgIpc) is 3.12. The summed E-state index contributed by atoms with van der Waals surface area (Å²) in [7, 11) is 0. The second kappa shape index (κ2) is 6.54. The van der Waals surface area contributed by atoms with Gasteiger partial charge < -0.3 is 9.73 Å². The lowest BCUT2D eigenvalue weighted by atomic mass is 10.1. The molecule has 1 fully saturated rings. The van der Waals surface area contributed by atoms with Crippen LogP contribution in [0.25, 0.3) is 0 Å². The van der Waals surface area contributed by atoms with Crippen LogP contribution in [-0.4, -0.2) is 28.4 Å². The molecule has 1 saturated heterocycles. The van der Waals surface area contributed by atoms with E-state index in [0.29, 0.717) is 6.42 Å². The Balaban J connectivity index is 1.66. The molecule has 1 aliphatic heterocycles. The van der Waals surface area contributed by atoms with Crippen LogP contribution in [0.4, 0.5) is 0 Å². The summed E-state index contributed by atoms with van der Waals surface area (Å²) in [5.41, 5.74) is 2.31. The molecule has 2 aromatic rings. The Morgan fingerprint density at radius 1 is 1.33 bits per heavy atom. The smallest absolute Gasteiger partial charge is 0.220 e. The Bertz CT molecular complexity index is 568. The summed E-state index contributed by atoms with van der Waals surface area (Å²) in [4.78, 5) is 17.8. The standard InChI is InChI=1S/C16H19N3O2/c20-16-4-3-15(18-16)11-19(10-14-5-7-21-12-14)9-13-2-1-6-17-8-13/h1-2,5-8,12,15H,3-4,9-11H2,(H,18,20)/t15-/m0/s1. The molecular formula is C16H19N3O2. The maximum atomic E-state index is 11.4. The number of nitrogens with zero attached hydrogens (tertiary/aromatic N) is 2. The Morgan fingerprint density at radius 3 is 2.90 bits per heavy atom. The third-order valence-corrected chi connectivity index (χ3v) is 3.68. The zero-order valence-corrected chi connectivity index (χ0v) is 11.9. The first-order valence-corrected chi connectivity index (χ1v) is 7.21.